The number of rotatable bonds is 4. The van der Waals surface area contributed by atoms with Gasteiger partial charge in [-0.1, -0.05) is 29.8 Å². The molecule has 0 atom stereocenters. The predicted octanol–water partition coefficient (Wildman–Crippen LogP) is 4.92. The Bertz CT molecular complexity index is 850. The number of aryl methyl sites for hydroxylation is 1. The van der Waals surface area contributed by atoms with Gasteiger partial charge in [0, 0.05) is 11.5 Å². The van der Waals surface area contributed by atoms with Crippen molar-refractivity contribution in [1.29, 1.82) is 0 Å². The standard InChI is InChI=1S/C18H15ClFNO2/c1-11-3-8-14(20)18-17(11)15(9-16(19)21-18)23-10-12-4-6-13(22-2)7-5-12/h3-9H,10H2,1-2H3. The van der Waals surface area contributed by atoms with Crippen molar-refractivity contribution in [3.05, 3.63) is 64.6 Å². The van der Waals surface area contributed by atoms with E-state index in [1.807, 2.05) is 31.2 Å². The molecule has 0 spiro atoms. The Morgan fingerprint density at radius 1 is 1.13 bits per heavy atom. The number of nitrogens with zero attached hydrogens (tertiary/aromatic N) is 1. The fourth-order valence-corrected chi connectivity index (χ4v) is 2.59. The molecule has 0 bridgehead atoms. The maximum atomic E-state index is 14.0. The van der Waals surface area contributed by atoms with Crippen LogP contribution in [0.1, 0.15) is 11.1 Å². The monoisotopic (exact) mass is 331 g/mol. The highest BCUT2D eigenvalue weighted by molar-refractivity contribution is 6.30. The fraction of sp³-hybridized carbons (Fsp3) is 0.167. The lowest BCUT2D eigenvalue weighted by atomic mass is 10.1. The van der Waals surface area contributed by atoms with Crippen molar-refractivity contribution in [1.82, 2.24) is 4.98 Å². The lowest BCUT2D eigenvalue weighted by molar-refractivity contribution is 0.309. The van der Waals surface area contributed by atoms with Gasteiger partial charge in [0.1, 0.15) is 34.6 Å². The molecule has 0 amide bonds. The van der Waals surface area contributed by atoms with Gasteiger partial charge in [0.25, 0.3) is 0 Å². The maximum absolute atomic E-state index is 14.0. The third-order valence-corrected chi connectivity index (χ3v) is 3.80. The Hall–Kier alpha value is -2.33. The smallest absolute Gasteiger partial charge is 0.149 e. The summed E-state index contributed by atoms with van der Waals surface area (Å²) in [6.07, 6.45) is 0. The van der Waals surface area contributed by atoms with Gasteiger partial charge >= 0.3 is 0 Å². The number of benzene rings is 2. The number of pyridine rings is 1. The van der Waals surface area contributed by atoms with E-state index < -0.39 is 5.82 Å². The number of methoxy groups -OCH3 is 1. The molecule has 118 valence electrons. The van der Waals surface area contributed by atoms with E-state index in [4.69, 9.17) is 21.1 Å². The summed E-state index contributed by atoms with van der Waals surface area (Å²) in [5, 5.41) is 0.842. The molecule has 3 aromatic rings. The second-order valence-electron chi connectivity index (χ2n) is 5.17. The van der Waals surface area contributed by atoms with Crippen LogP contribution in [0.15, 0.2) is 42.5 Å². The van der Waals surface area contributed by atoms with Gasteiger partial charge in [-0.3, -0.25) is 0 Å². The summed E-state index contributed by atoms with van der Waals surface area (Å²) >= 11 is 6.00. The molecule has 23 heavy (non-hydrogen) atoms. The summed E-state index contributed by atoms with van der Waals surface area (Å²) in [6, 6.07) is 12.2. The van der Waals surface area contributed by atoms with Crippen LogP contribution in [0.4, 0.5) is 4.39 Å². The predicted molar refractivity (Wildman–Crippen MR) is 88.8 cm³/mol. The fourth-order valence-electron chi connectivity index (χ4n) is 2.40. The Morgan fingerprint density at radius 2 is 1.87 bits per heavy atom. The van der Waals surface area contributed by atoms with Crippen LogP contribution >= 0.6 is 11.6 Å². The zero-order chi connectivity index (χ0) is 16.4. The number of hydrogen-bond acceptors (Lipinski definition) is 3. The van der Waals surface area contributed by atoms with E-state index in [0.717, 1.165) is 16.9 Å². The molecule has 0 unspecified atom stereocenters. The van der Waals surface area contributed by atoms with Gasteiger partial charge in [-0.05, 0) is 36.2 Å². The van der Waals surface area contributed by atoms with E-state index in [1.165, 1.54) is 6.07 Å². The van der Waals surface area contributed by atoms with E-state index in [9.17, 15) is 4.39 Å². The molecule has 0 aliphatic heterocycles. The van der Waals surface area contributed by atoms with Crippen molar-refractivity contribution in [2.45, 2.75) is 13.5 Å². The van der Waals surface area contributed by atoms with Crippen LogP contribution in [0, 0.1) is 12.7 Å². The first-order valence-corrected chi connectivity index (χ1v) is 7.47. The summed E-state index contributed by atoms with van der Waals surface area (Å²) in [7, 11) is 1.62. The van der Waals surface area contributed by atoms with Crippen LogP contribution in [0.25, 0.3) is 10.9 Å². The number of aromatic nitrogens is 1. The van der Waals surface area contributed by atoms with Crippen molar-refractivity contribution >= 4 is 22.5 Å². The zero-order valence-corrected chi connectivity index (χ0v) is 13.5. The van der Waals surface area contributed by atoms with Crippen LogP contribution in [-0.2, 0) is 6.61 Å². The molecule has 5 heteroatoms. The second kappa shape index (κ2) is 6.42. The minimum atomic E-state index is -0.414. The van der Waals surface area contributed by atoms with E-state index in [1.54, 1.807) is 19.2 Å². The molecule has 0 fully saturated rings. The average molecular weight is 332 g/mol. The van der Waals surface area contributed by atoms with E-state index in [2.05, 4.69) is 4.98 Å². The Labute approximate surface area is 138 Å². The lowest BCUT2D eigenvalue weighted by Gasteiger charge is -2.12. The SMILES string of the molecule is COc1ccc(COc2cc(Cl)nc3c(F)ccc(C)c23)cc1. The van der Waals surface area contributed by atoms with Crippen LogP contribution < -0.4 is 9.47 Å². The molecule has 0 radical (unpaired) electrons. The van der Waals surface area contributed by atoms with Gasteiger partial charge in [-0.2, -0.15) is 0 Å². The number of fused-ring (bicyclic) bond motifs is 1. The number of hydrogen-bond donors (Lipinski definition) is 0. The quantitative estimate of drug-likeness (QED) is 0.636. The summed E-state index contributed by atoms with van der Waals surface area (Å²) in [4.78, 5) is 4.07. The van der Waals surface area contributed by atoms with Crippen LogP contribution in [0.3, 0.4) is 0 Å². The van der Waals surface area contributed by atoms with Gasteiger partial charge < -0.3 is 9.47 Å². The molecule has 2 aromatic carbocycles. The average Bonchev–Trinajstić information content (AvgIpc) is 2.56. The van der Waals surface area contributed by atoms with Crippen molar-refractivity contribution in [2.75, 3.05) is 7.11 Å². The Balaban J connectivity index is 1.94. The second-order valence-corrected chi connectivity index (χ2v) is 5.56. The van der Waals surface area contributed by atoms with Crippen molar-refractivity contribution < 1.29 is 13.9 Å². The van der Waals surface area contributed by atoms with Gasteiger partial charge in [-0.15, -0.1) is 0 Å². The third-order valence-electron chi connectivity index (χ3n) is 3.61. The van der Waals surface area contributed by atoms with Crippen molar-refractivity contribution in [3.8, 4) is 11.5 Å². The molecule has 0 saturated heterocycles. The lowest BCUT2D eigenvalue weighted by Crippen LogP contribution is -1.99. The first-order valence-electron chi connectivity index (χ1n) is 7.09. The van der Waals surface area contributed by atoms with Crippen molar-refractivity contribution in [2.24, 2.45) is 0 Å². The summed E-state index contributed by atoms with van der Waals surface area (Å²) in [5.74, 6) is 0.888. The molecule has 0 saturated carbocycles. The molecule has 0 aliphatic carbocycles. The van der Waals surface area contributed by atoms with Crippen molar-refractivity contribution in [3.63, 3.8) is 0 Å². The highest BCUT2D eigenvalue weighted by atomic mass is 35.5. The normalized spacial score (nSPS) is 10.8. The number of halogens is 2. The Kier molecular flexibility index (Phi) is 4.35. The van der Waals surface area contributed by atoms with Gasteiger partial charge in [0.2, 0.25) is 0 Å². The highest BCUT2D eigenvalue weighted by Gasteiger charge is 2.12. The molecule has 3 nitrogen and oxygen atoms in total. The van der Waals surface area contributed by atoms with Gasteiger partial charge in [0.05, 0.1) is 7.11 Å². The van der Waals surface area contributed by atoms with Crippen LogP contribution in [-0.4, -0.2) is 12.1 Å². The minimum Gasteiger partial charge on any atom is -0.497 e. The summed E-state index contributed by atoms with van der Waals surface area (Å²) < 4.78 is 25.0. The molecule has 1 aromatic heterocycles. The molecular formula is C18H15ClFNO2. The third kappa shape index (κ3) is 3.22. The van der Waals surface area contributed by atoms with E-state index in [-0.39, 0.29) is 10.7 Å². The maximum Gasteiger partial charge on any atom is 0.149 e. The van der Waals surface area contributed by atoms with Crippen LogP contribution in [0.2, 0.25) is 5.15 Å². The molecular weight excluding hydrogens is 317 g/mol. The molecule has 3 rings (SSSR count). The summed E-state index contributed by atoms with van der Waals surface area (Å²) in [6.45, 7) is 2.23. The largest absolute Gasteiger partial charge is 0.497 e. The topological polar surface area (TPSA) is 31.4 Å². The number of ether oxygens (including phenoxy) is 2. The van der Waals surface area contributed by atoms with E-state index in [0.29, 0.717) is 17.7 Å². The molecule has 0 N–H and O–H groups in total. The minimum absolute atomic E-state index is 0.201. The van der Waals surface area contributed by atoms with Gasteiger partial charge in [-0.25, -0.2) is 9.37 Å². The first kappa shape index (κ1) is 15.6. The van der Waals surface area contributed by atoms with E-state index >= 15 is 0 Å². The summed E-state index contributed by atoms with van der Waals surface area (Å²) in [5.41, 5.74) is 2.08. The highest BCUT2D eigenvalue weighted by Crippen LogP contribution is 2.32. The van der Waals surface area contributed by atoms with Gasteiger partial charge in [0.15, 0.2) is 0 Å². The molecule has 0 aliphatic rings. The zero-order valence-electron chi connectivity index (χ0n) is 12.8. The first-order chi connectivity index (χ1) is 11.1. The molecule has 1 heterocycles. The Morgan fingerprint density at radius 3 is 2.57 bits per heavy atom. The van der Waals surface area contributed by atoms with Crippen LogP contribution in [0.5, 0.6) is 11.5 Å².